The summed E-state index contributed by atoms with van der Waals surface area (Å²) in [6.45, 7) is 0. The van der Waals surface area contributed by atoms with Gasteiger partial charge in [-0.3, -0.25) is 0 Å². The van der Waals surface area contributed by atoms with E-state index in [0.29, 0.717) is 0 Å². The lowest BCUT2D eigenvalue weighted by Crippen LogP contribution is -2.40. The van der Waals surface area contributed by atoms with E-state index in [-0.39, 0.29) is 17.6 Å². The van der Waals surface area contributed by atoms with Crippen molar-refractivity contribution in [1.29, 1.82) is 0 Å². The SMILES string of the molecule is c1ccc([Si]2CC[Si](c3ccccc3)CC2)cc1. The summed E-state index contributed by atoms with van der Waals surface area (Å²) in [7, 11) is -0.479. The highest BCUT2D eigenvalue weighted by molar-refractivity contribution is 6.82. The van der Waals surface area contributed by atoms with Gasteiger partial charge in [-0.1, -0.05) is 95.2 Å². The van der Waals surface area contributed by atoms with Gasteiger partial charge in [0.15, 0.2) is 0 Å². The first-order chi connectivity index (χ1) is 8.93. The molecule has 0 nitrogen and oxygen atoms in total. The van der Waals surface area contributed by atoms with E-state index in [0.717, 1.165) is 0 Å². The molecule has 2 heteroatoms. The van der Waals surface area contributed by atoms with Crippen LogP contribution in [-0.4, -0.2) is 17.6 Å². The largest absolute Gasteiger partial charge is 0.0850 e. The van der Waals surface area contributed by atoms with Gasteiger partial charge in [-0.05, 0) is 0 Å². The zero-order valence-corrected chi connectivity index (χ0v) is 12.6. The average molecular weight is 266 g/mol. The highest BCUT2D eigenvalue weighted by atomic mass is 28.3. The Balaban J connectivity index is 1.65. The summed E-state index contributed by atoms with van der Waals surface area (Å²) in [6, 6.07) is 28.4. The minimum atomic E-state index is -0.240. The molecule has 0 aliphatic carbocycles. The summed E-state index contributed by atoms with van der Waals surface area (Å²) in [4.78, 5) is 0. The van der Waals surface area contributed by atoms with Gasteiger partial charge in [0, 0.05) is 0 Å². The lowest BCUT2D eigenvalue weighted by Gasteiger charge is -2.26. The molecular weight excluding hydrogens is 248 g/mol. The van der Waals surface area contributed by atoms with E-state index in [1.807, 2.05) is 0 Å². The van der Waals surface area contributed by atoms with Gasteiger partial charge in [-0.15, -0.1) is 0 Å². The first kappa shape index (κ1) is 11.9. The summed E-state index contributed by atoms with van der Waals surface area (Å²) in [5.41, 5.74) is 0. The van der Waals surface area contributed by atoms with E-state index in [2.05, 4.69) is 60.7 Å². The molecule has 90 valence electrons. The molecule has 0 atom stereocenters. The van der Waals surface area contributed by atoms with Gasteiger partial charge in [-0.25, -0.2) is 0 Å². The molecule has 0 N–H and O–H groups in total. The second kappa shape index (κ2) is 5.68. The zero-order valence-electron chi connectivity index (χ0n) is 10.6. The van der Waals surface area contributed by atoms with Crippen molar-refractivity contribution in [2.45, 2.75) is 24.2 Å². The summed E-state index contributed by atoms with van der Waals surface area (Å²) < 4.78 is 0. The van der Waals surface area contributed by atoms with Gasteiger partial charge in [-0.2, -0.15) is 0 Å². The lowest BCUT2D eigenvalue weighted by molar-refractivity contribution is 1.20. The van der Waals surface area contributed by atoms with E-state index in [9.17, 15) is 0 Å². The van der Waals surface area contributed by atoms with Crippen LogP contribution < -0.4 is 10.4 Å². The minimum absolute atomic E-state index is 0.240. The third-order valence-electron chi connectivity index (χ3n) is 3.82. The maximum atomic E-state index is 2.34. The van der Waals surface area contributed by atoms with E-state index in [1.165, 1.54) is 24.2 Å². The molecular formula is C16H18Si2. The Labute approximate surface area is 113 Å². The average Bonchev–Trinajstić information content (AvgIpc) is 2.49. The monoisotopic (exact) mass is 266 g/mol. The molecule has 1 aliphatic heterocycles. The Bertz CT molecular complexity index is 425. The Kier molecular flexibility index (Phi) is 3.76. The molecule has 1 heterocycles. The van der Waals surface area contributed by atoms with Gasteiger partial charge in [0.1, 0.15) is 0 Å². The smallest absolute Gasteiger partial charge is 0.0633 e. The van der Waals surface area contributed by atoms with Crippen LogP contribution in [0.4, 0.5) is 0 Å². The molecule has 0 saturated carbocycles. The van der Waals surface area contributed by atoms with Crippen LogP contribution in [0.5, 0.6) is 0 Å². The molecule has 0 bridgehead atoms. The highest BCUT2D eigenvalue weighted by Gasteiger charge is 2.25. The highest BCUT2D eigenvalue weighted by Crippen LogP contribution is 2.20. The van der Waals surface area contributed by atoms with Gasteiger partial charge in [0.2, 0.25) is 0 Å². The summed E-state index contributed by atoms with van der Waals surface area (Å²) in [5, 5.41) is 3.30. The molecule has 0 amide bonds. The molecule has 0 aromatic heterocycles. The number of hydrogen-bond acceptors (Lipinski definition) is 0. The number of benzene rings is 2. The summed E-state index contributed by atoms with van der Waals surface area (Å²) in [5.74, 6) is 0. The van der Waals surface area contributed by atoms with Crippen LogP contribution in [0.25, 0.3) is 0 Å². The molecule has 1 saturated heterocycles. The maximum Gasteiger partial charge on any atom is 0.0850 e. The van der Waals surface area contributed by atoms with Crippen LogP contribution in [0.3, 0.4) is 0 Å². The fourth-order valence-corrected chi connectivity index (χ4v) is 10.6. The van der Waals surface area contributed by atoms with Crippen molar-refractivity contribution in [3.8, 4) is 0 Å². The summed E-state index contributed by atoms with van der Waals surface area (Å²) >= 11 is 0. The first-order valence-electron chi connectivity index (χ1n) is 6.74. The van der Waals surface area contributed by atoms with Gasteiger partial charge in [0.25, 0.3) is 0 Å². The molecule has 18 heavy (non-hydrogen) atoms. The van der Waals surface area contributed by atoms with Crippen molar-refractivity contribution in [3.63, 3.8) is 0 Å². The van der Waals surface area contributed by atoms with Crippen molar-refractivity contribution in [1.82, 2.24) is 0 Å². The molecule has 0 spiro atoms. The van der Waals surface area contributed by atoms with Crippen molar-refractivity contribution in [3.05, 3.63) is 60.7 Å². The van der Waals surface area contributed by atoms with E-state index < -0.39 is 0 Å². The number of hydrogen-bond donors (Lipinski definition) is 0. The topological polar surface area (TPSA) is 0 Å². The molecule has 1 aliphatic rings. The molecule has 0 unspecified atom stereocenters. The Hall–Kier alpha value is -1.13. The predicted molar refractivity (Wildman–Crippen MR) is 82.9 cm³/mol. The predicted octanol–water partition coefficient (Wildman–Crippen LogP) is 2.80. The number of rotatable bonds is 2. The molecule has 1 fully saturated rings. The Morgan fingerprint density at radius 3 is 1.17 bits per heavy atom. The van der Waals surface area contributed by atoms with E-state index >= 15 is 0 Å². The zero-order chi connectivity index (χ0) is 12.2. The fraction of sp³-hybridized carbons (Fsp3) is 0.250. The standard InChI is InChI=1S/C16H18Si2/c1-3-7-15(8-4-1)17-11-13-18(14-12-17)16-9-5-2-6-10-16/h1-10H,11-14H2. The third kappa shape index (κ3) is 2.65. The molecule has 2 aromatic rings. The Morgan fingerprint density at radius 2 is 0.833 bits per heavy atom. The van der Waals surface area contributed by atoms with Crippen molar-refractivity contribution >= 4 is 28.0 Å². The van der Waals surface area contributed by atoms with Crippen LogP contribution in [0, 0.1) is 0 Å². The van der Waals surface area contributed by atoms with Crippen LogP contribution >= 0.6 is 0 Å². The first-order valence-corrected chi connectivity index (χ1v) is 10.6. The van der Waals surface area contributed by atoms with Gasteiger partial charge < -0.3 is 0 Å². The van der Waals surface area contributed by atoms with Crippen molar-refractivity contribution < 1.29 is 0 Å². The molecule has 2 aromatic carbocycles. The molecule has 2 radical (unpaired) electrons. The second-order valence-electron chi connectivity index (χ2n) is 4.94. The van der Waals surface area contributed by atoms with Crippen LogP contribution in [0.1, 0.15) is 0 Å². The Morgan fingerprint density at radius 1 is 0.500 bits per heavy atom. The van der Waals surface area contributed by atoms with Gasteiger partial charge in [0.05, 0.1) is 17.6 Å². The normalized spacial score (nSPS) is 17.8. The van der Waals surface area contributed by atoms with E-state index in [4.69, 9.17) is 0 Å². The summed E-state index contributed by atoms with van der Waals surface area (Å²) in [6.07, 6.45) is 0. The molecule has 3 rings (SSSR count). The van der Waals surface area contributed by atoms with Crippen LogP contribution in [0.15, 0.2) is 60.7 Å². The van der Waals surface area contributed by atoms with Crippen molar-refractivity contribution in [2.75, 3.05) is 0 Å². The van der Waals surface area contributed by atoms with E-state index in [1.54, 1.807) is 10.4 Å². The third-order valence-corrected chi connectivity index (χ3v) is 10.5. The second-order valence-corrected chi connectivity index (χ2v) is 10.5. The lowest BCUT2D eigenvalue weighted by atomic mass is 10.4. The fourth-order valence-electron chi connectivity index (χ4n) is 2.78. The minimum Gasteiger partial charge on any atom is -0.0633 e. The quantitative estimate of drug-likeness (QED) is 0.733. The maximum absolute atomic E-state index is 2.34. The van der Waals surface area contributed by atoms with Crippen LogP contribution in [0.2, 0.25) is 24.2 Å². The van der Waals surface area contributed by atoms with Crippen LogP contribution in [-0.2, 0) is 0 Å². The van der Waals surface area contributed by atoms with Gasteiger partial charge >= 0.3 is 0 Å². The van der Waals surface area contributed by atoms with Crippen molar-refractivity contribution in [2.24, 2.45) is 0 Å².